The maximum atomic E-state index is 6.19. The first-order chi connectivity index (χ1) is 8.27. The fraction of sp³-hybridized carbons (Fsp3) is 1.00. The van der Waals surface area contributed by atoms with Crippen LogP contribution in [-0.4, -0.2) is 18.2 Å². The molecule has 3 rings (SSSR count). The Bertz CT molecular complexity index is 254. The van der Waals surface area contributed by atoms with Crippen LogP contribution in [0.3, 0.4) is 0 Å². The molecule has 2 N–H and O–H groups in total. The Morgan fingerprint density at radius 2 is 1.76 bits per heavy atom. The van der Waals surface area contributed by atoms with Gasteiger partial charge in [0.05, 0.1) is 5.60 Å². The van der Waals surface area contributed by atoms with E-state index >= 15 is 0 Å². The second-order valence-electron chi connectivity index (χ2n) is 6.68. The molecule has 1 spiro atoms. The molecule has 0 aromatic rings. The summed E-state index contributed by atoms with van der Waals surface area (Å²) >= 11 is 0. The molecule has 1 heterocycles. The van der Waals surface area contributed by atoms with E-state index < -0.39 is 0 Å². The first kappa shape index (κ1) is 12.0. The molecule has 17 heavy (non-hydrogen) atoms. The Morgan fingerprint density at radius 3 is 2.47 bits per heavy atom. The van der Waals surface area contributed by atoms with E-state index in [1.54, 1.807) is 0 Å². The molecule has 0 bridgehead atoms. The summed E-state index contributed by atoms with van der Waals surface area (Å²) < 4.78 is 6.19. The normalized spacial score (nSPS) is 41.8. The van der Waals surface area contributed by atoms with E-state index in [0.717, 1.165) is 18.4 Å². The Kier molecular flexibility index (Phi) is 3.45. The fourth-order valence-electron chi connectivity index (χ4n) is 4.49. The average molecular weight is 237 g/mol. The maximum absolute atomic E-state index is 6.19. The van der Waals surface area contributed by atoms with Crippen molar-refractivity contribution in [1.29, 1.82) is 0 Å². The van der Waals surface area contributed by atoms with Gasteiger partial charge in [-0.1, -0.05) is 19.3 Å². The third-order valence-electron chi connectivity index (χ3n) is 5.48. The standard InChI is InChI=1S/C15H27NO/c16-14-5-4-12(10-14)13-6-9-17-15(11-13)7-2-1-3-8-15/h12-14H,1-11,16H2. The van der Waals surface area contributed by atoms with E-state index in [2.05, 4.69) is 0 Å². The third kappa shape index (κ3) is 2.53. The van der Waals surface area contributed by atoms with Gasteiger partial charge in [0.2, 0.25) is 0 Å². The molecule has 98 valence electrons. The van der Waals surface area contributed by atoms with Crippen molar-refractivity contribution >= 4 is 0 Å². The average Bonchev–Trinajstić information content (AvgIpc) is 2.77. The van der Waals surface area contributed by atoms with E-state index in [9.17, 15) is 0 Å². The number of rotatable bonds is 1. The van der Waals surface area contributed by atoms with E-state index in [0.29, 0.717) is 6.04 Å². The predicted octanol–water partition coefficient (Wildman–Crippen LogP) is 3.24. The second-order valence-corrected chi connectivity index (χ2v) is 6.68. The third-order valence-corrected chi connectivity index (χ3v) is 5.48. The zero-order valence-electron chi connectivity index (χ0n) is 11.0. The first-order valence-corrected chi connectivity index (χ1v) is 7.67. The van der Waals surface area contributed by atoms with Crippen LogP contribution < -0.4 is 5.73 Å². The highest BCUT2D eigenvalue weighted by Gasteiger charge is 2.41. The Labute approximate surface area is 105 Å². The van der Waals surface area contributed by atoms with Crippen LogP contribution in [0.1, 0.15) is 64.2 Å². The van der Waals surface area contributed by atoms with Crippen LogP contribution in [0.15, 0.2) is 0 Å². The molecular formula is C15H27NO. The topological polar surface area (TPSA) is 35.2 Å². The van der Waals surface area contributed by atoms with Crippen LogP contribution in [0, 0.1) is 11.8 Å². The monoisotopic (exact) mass is 237 g/mol. The van der Waals surface area contributed by atoms with Crippen LogP contribution in [-0.2, 0) is 4.74 Å². The molecule has 2 heteroatoms. The zero-order valence-corrected chi connectivity index (χ0v) is 11.0. The zero-order chi connectivity index (χ0) is 11.7. The maximum Gasteiger partial charge on any atom is 0.0685 e. The smallest absolute Gasteiger partial charge is 0.0685 e. The van der Waals surface area contributed by atoms with Gasteiger partial charge in [-0.05, 0) is 56.8 Å². The minimum Gasteiger partial charge on any atom is -0.375 e. The van der Waals surface area contributed by atoms with Gasteiger partial charge in [-0.2, -0.15) is 0 Å². The molecule has 3 atom stereocenters. The summed E-state index contributed by atoms with van der Waals surface area (Å²) in [5.74, 6) is 1.82. The summed E-state index contributed by atoms with van der Waals surface area (Å²) in [5.41, 5.74) is 6.36. The van der Waals surface area contributed by atoms with Gasteiger partial charge in [-0.25, -0.2) is 0 Å². The molecule has 1 saturated heterocycles. The highest BCUT2D eigenvalue weighted by molar-refractivity contribution is 4.93. The lowest BCUT2D eigenvalue weighted by Gasteiger charge is -2.45. The Morgan fingerprint density at radius 1 is 0.941 bits per heavy atom. The van der Waals surface area contributed by atoms with Gasteiger partial charge in [-0.3, -0.25) is 0 Å². The van der Waals surface area contributed by atoms with Gasteiger partial charge in [0.15, 0.2) is 0 Å². The highest BCUT2D eigenvalue weighted by atomic mass is 16.5. The summed E-state index contributed by atoms with van der Waals surface area (Å²) in [6.07, 6.45) is 13.4. The van der Waals surface area contributed by atoms with Gasteiger partial charge < -0.3 is 10.5 Å². The predicted molar refractivity (Wildman–Crippen MR) is 69.8 cm³/mol. The summed E-state index contributed by atoms with van der Waals surface area (Å²) in [7, 11) is 0. The van der Waals surface area contributed by atoms with Crippen LogP contribution in [0.5, 0.6) is 0 Å². The van der Waals surface area contributed by atoms with Crippen molar-refractivity contribution in [2.45, 2.75) is 75.9 Å². The largest absolute Gasteiger partial charge is 0.375 e. The van der Waals surface area contributed by atoms with Crippen molar-refractivity contribution in [3.8, 4) is 0 Å². The SMILES string of the molecule is NC1CCC(C2CCOC3(CCCCC3)C2)C1. The van der Waals surface area contributed by atoms with Gasteiger partial charge >= 0.3 is 0 Å². The molecule has 0 aromatic carbocycles. The molecule has 0 radical (unpaired) electrons. The second kappa shape index (κ2) is 4.89. The summed E-state index contributed by atoms with van der Waals surface area (Å²) in [6.45, 7) is 1.01. The molecule has 2 nitrogen and oxygen atoms in total. The fourth-order valence-corrected chi connectivity index (χ4v) is 4.49. The van der Waals surface area contributed by atoms with Crippen molar-refractivity contribution in [1.82, 2.24) is 0 Å². The number of hydrogen-bond donors (Lipinski definition) is 1. The molecule has 3 unspecified atom stereocenters. The van der Waals surface area contributed by atoms with Crippen LogP contribution in [0.25, 0.3) is 0 Å². The van der Waals surface area contributed by atoms with Gasteiger partial charge in [0, 0.05) is 12.6 Å². The summed E-state index contributed by atoms with van der Waals surface area (Å²) in [6, 6.07) is 0.491. The van der Waals surface area contributed by atoms with Crippen molar-refractivity contribution in [3.05, 3.63) is 0 Å². The molecule has 3 fully saturated rings. The lowest BCUT2D eigenvalue weighted by Crippen LogP contribution is -2.43. The minimum atomic E-state index is 0.286. The molecule has 2 aliphatic carbocycles. The molecular weight excluding hydrogens is 210 g/mol. The Hall–Kier alpha value is -0.0800. The number of ether oxygens (including phenoxy) is 1. The summed E-state index contributed by atoms with van der Waals surface area (Å²) in [5, 5.41) is 0. The molecule has 0 amide bonds. The van der Waals surface area contributed by atoms with Crippen LogP contribution in [0.2, 0.25) is 0 Å². The van der Waals surface area contributed by atoms with E-state index in [4.69, 9.17) is 10.5 Å². The molecule has 1 aliphatic heterocycles. The van der Waals surface area contributed by atoms with Crippen LogP contribution >= 0.6 is 0 Å². The molecule has 2 saturated carbocycles. The molecule has 0 aromatic heterocycles. The van der Waals surface area contributed by atoms with Crippen molar-refractivity contribution in [2.75, 3.05) is 6.61 Å². The molecule has 3 aliphatic rings. The van der Waals surface area contributed by atoms with Crippen molar-refractivity contribution in [2.24, 2.45) is 17.6 Å². The van der Waals surface area contributed by atoms with Crippen LogP contribution in [0.4, 0.5) is 0 Å². The van der Waals surface area contributed by atoms with E-state index in [-0.39, 0.29) is 5.60 Å². The highest BCUT2D eigenvalue weighted by Crippen LogP contribution is 2.45. The first-order valence-electron chi connectivity index (χ1n) is 7.67. The van der Waals surface area contributed by atoms with E-state index in [1.807, 2.05) is 0 Å². The van der Waals surface area contributed by atoms with Gasteiger partial charge in [0.25, 0.3) is 0 Å². The van der Waals surface area contributed by atoms with Crippen molar-refractivity contribution < 1.29 is 4.74 Å². The van der Waals surface area contributed by atoms with E-state index in [1.165, 1.54) is 64.2 Å². The van der Waals surface area contributed by atoms with Gasteiger partial charge in [0.1, 0.15) is 0 Å². The Balaban J connectivity index is 1.62. The van der Waals surface area contributed by atoms with Gasteiger partial charge in [-0.15, -0.1) is 0 Å². The minimum absolute atomic E-state index is 0.286. The number of nitrogens with two attached hydrogens (primary N) is 1. The quantitative estimate of drug-likeness (QED) is 0.760. The number of hydrogen-bond acceptors (Lipinski definition) is 2. The lowest BCUT2D eigenvalue weighted by atomic mass is 9.72. The lowest BCUT2D eigenvalue weighted by molar-refractivity contribution is -0.124. The summed E-state index contributed by atoms with van der Waals surface area (Å²) in [4.78, 5) is 0. The van der Waals surface area contributed by atoms with Crippen molar-refractivity contribution in [3.63, 3.8) is 0 Å².